The number of imidazole rings is 2. The van der Waals surface area contributed by atoms with Crippen LogP contribution in [0.25, 0.3) is 33.2 Å². The number of nitrogens with two attached hydrogens (primary N) is 1. The van der Waals surface area contributed by atoms with E-state index >= 15 is 0 Å². The molecule has 0 aliphatic carbocycles. The van der Waals surface area contributed by atoms with E-state index in [0.717, 1.165) is 15.5 Å². The Morgan fingerprint density at radius 3 is 2.67 bits per heavy atom. The lowest BCUT2D eigenvalue weighted by Crippen LogP contribution is -2.46. The summed E-state index contributed by atoms with van der Waals surface area (Å²) in [6, 6.07) is 13.2. The van der Waals surface area contributed by atoms with Crippen molar-refractivity contribution in [2.24, 2.45) is 5.73 Å². The van der Waals surface area contributed by atoms with Gasteiger partial charge in [0.05, 0.1) is 54.3 Å². The van der Waals surface area contributed by atoms with Crippen LogP contribution in [0.4, 0.5) is 13.2 Å². The van der Waals surface area contributed by atoms with Crippen molar-refractivity contribution in [3.8, 4) is 22.9 Å². The number of fused-ring (bicyclic) bond motifs is 2. The van der Waals surface area contributed by atoms with E-state index in [4.69, 9.17) is 15.2 Å². The third-order valence-electron chi connectivity index (χ3n) is 7.55. The highest BCUT2D eigenvalue weighted by Gasteiger charge is 2.40. The van der Waals surface area contributed by atoms with Gasteiger partial charge in [-0.25, -0.2) is 15.0 Å². The molecule has 1 aliphatic rings. The van der Waals surface area contributed by atoms with Gasteiger partial charge in [0.2, 0.25) is 17.6 Å². The van der Waals surface area contributed by atoms with Gasteiger partial charge in [0.25, 0.3) is 0 Å². The summed E-state index contributed by atoms with van der Waals surface area (Å²) >= 11 is 0. The summed E-state index contributed by atoms with van der Waals surface area (Å²) in [6.45, 7) is -0.306. The number of nitrogens with zero attached hydrogens (tertiary/aromatic N) is 5. The number of benzene rings is 2. The van der Waals surface area contributed by atoms with Gasteiger partial charge in [0, 0.05) is 24.0 Å². The normalized spacial score (nSPS) is 17.6. The molecule has 13 heteroatoms. The Hall–Kier alpha value is -4.65. The van der Waals surface area contributed by atoms with Crippen LogP contribution in [0.2, 0.25) is 0 Å². The number of rotatable bonds is 6. The van der Waals surface area contributed by atoms with Crippen LogP contribution in [0.1, 0.15) is 30.5 Å². The second-order valence-corrected chi connectivity index (χ2v) is 10.2. The number of hydrogen-bond donors (Lipinski definition) is 2. The molecule has 2 aromatic carbocycles. The summed E-state index contributed by atoms with van der Waals surface area (Å²) in [4.78, 5) is 31.5. The second-order valence-electron chi connectivity index (χ2n) is 10.2. The van der Waals surface area contributed by atoms with Crippen molar-refractivity contribution in [3.05, 3.63) is 66.4 Å². The summed E-state index contributed by atoms with van der Waals surface area (Å²) < 4.78 is 53.6. The maximum atomic E-state index is 14.0. The molecule has 218 valence electrons. The van der Waals surface area contributed by atoms with Crippen LogP contribution in [0.3, 0.4) is 0 Å². The molecular weight excluding hydrogens is 551 g/mol. The Labute approximate surface area is 238 Å². The fourth-order valence-corrected chi connectivity index (χ4v) is 5.47. The number of ether oxygens (including phenoxy) is 2. The molecule has 0 bridgehead atoms. The summed E-state index contributed by atoms with van der Waals surface area (Å²) in [6.07, 6.45) is -2.25. The first kappa shape index (κ1) is 27.5. The van der Waals surface area contributed by atoms with Gasteiger partial charge in [-0.15, -0.1) is 0 Å². The van der Waals surface area contributed by atoms with Crippen LogP contribution in [0, 0.1) is 0 Å². The lowest BCUT2D eigenvalue weighted by molar-refractivity contribution is -0.148. The SMILES string of the molecule is COc1ccc2nc(C(F)(F)F)n(CC(=O)N3CC[C@H](N)C[C@H]3c3ncc(-c4cc5ccccc5nc4OC)[nH]3)c2c1. The van der Waals surface area contributed by atoms with Gasteiger partial charge in [-0.05, 0) is 37.1 Å². The number of nitrogens with one attached hydrogen (secondary N) is 1. The Kier molecular flexibility index (Phi) is 6.97. The number of pyridine rings is 1. The number of methoxy groups -OCH3 is 2. The average Bonchev–Trinajstić information content (AvgIpc) is 3.61. The number of piperidine rings is 1. The molecule has 4 heterocycles. The number of carbonyl (C=O) groups excluding carboxylic acids is 1. The summed E-state index contributed by atoms with van der Waals surface area (Å²) in [5.41, 5.74) is 8.63. The van der Waals surface area contributed by atoms with Gasteiger partial charge in [-0.3, -0.25) is 4.79 Å². The van der Waals surface area contributed by atoms with Crippen LogP contribution in [-0.2, 0) is 17.5 Å². The quantitative estimate of drug-likeness (QED) is 0.299. The molecule has 1 aliphatic heterocycles. The van der Waals surface area contributed by atoms with E-state index in [1.807, 2.05) is 30.3 Å². The van der Waals surface area contributed by atoms with E-state index in [2.05, 4.69) is 19.9 Å². The van der Waals surface area contributed by atoms with Crippen LogP contribution in [-0.4, -0.2) is 62.1 Å². The Balaban J connectivity index is 1.34. The van der Waals surface area contributed by atoms with Gasteiger partial charge < -0.3 is 29.7 Å². The number of alkyl halides is 3. The summed E-state index contributed by atoms with van der Waals surface area (Å²) in [7, 11) is 2.95. The van der Waals surface area contributed by atoms with E-state index in [1.165, 1.54) is 37.3 Å². The molecule has 3 N–H and O–H groups in total. The third-order valence-corrected chi connectivity index (χ3v) is 7.55. The third kappa shape index (κ3) is 5.00. The smallest absolute Gasteiger partial charge is 0.449 e. The molecule has 42 heavy (non-hydrogen) atoms. The van der Waals surface area contributed by atoms with E-state index in [-0.39, 0.29) is 23.6 Å². The molecule has 3 aromatic heterocycles. The average molecular weight is 580 g/mol. The molecule has 1 saturated heterocycles. The van der Waals surface area contributed by atoms with Crippen molar-refractivity contribution < 1.29 is 27.4 Å². The first-order valence-electron chi connectivity index (χ1n) is 13.3. The standard InChI is InChI=1S/C29H28F3N7O3/c1-41-18-7-8-21-23(13-18)39(28(37-21)29(30,31)32)15-25(40)38-10-9-17(33)12-24(38)26-34-14-22(35-26)19-11-16-5-3-4-6-20(16)36-27(19)42-2/h3-8,11,13-14,17,24H,9-10,12,15,33H2,1-2H3,(H,34,35)/t17-,24-/m0/s1. The number of H-pyrrole nitrogens is 1. The number of aromatic amines is 1. The minimum absolute atomic E-state index is 0.113. The zero-order chi connectivity index (χ0) is 29.6. The molecule has 0 unspecified atom stereocenters. The second kappa shape index (κ2) is 10.6. The Morgan fingerprint density at radius 2 is 1.90 bits per heavy atom. The van der Waals surface area contributed by atoms with Gasteiger partial charge in [0.1, 0.15) is 18.1 Å². The predicted molar refractivity (Wildman–Crippen MR) is 149 cm³/mol. The molecule has 6 rings (SSSR count). The number of amides is 1. The number of halogens is 3. The predicted octanol–water partition coefficient (Wildman–Crippen LogP) is 4.70. The number of aromatic nitrogens is 5. The monoisotopic (exact) mass is 579 g/mol. The molecule has 1 fully saturated rings. The maximum Gasteiger partial charge on any atom is 0.449 e. The maximum absolute atomic E-state index is 14.0. The minimum atomic E-state index is -4.76. The topological polar surface area (TPSA) is 124 Å². The largest absolute Gasteiger partial charge is 0.497 e. The summed E-state index contributed by atoms with van der Waals surface area (Å²) in [5, 5.41) is 0.908. The van der Waals surface area contributed by atoms with Crippen molar-refractivity contribution in [1.29, 1.82) is 0 Å². The molecule has 0 saturated carbocycles. The number of carbonyl (C=O) groups is 1. The molecule has 0 radical (unpaired) electrons. The first-order chi connectivity index (χ1) is 20.2. The van der Waals surface area contributed by atoms with Crippen LogP contribution in [0.5, 0.6) is 11.6 Å². The highest BCUT2D eigenvalue weighted by molar-refractivity contribution is 5.85. The van der Waals surface area contributed by atoms with Crippen molar-refractivity contribution in [3.63, 3.8) is 0 Å². The zero-order valence-electron chi connectivity index (χ0n) is 22.9. The minimum Gasteiger partial charge on any atom is -0.497 e. The van der Waals surface area contributed by atoms with Crippen molar-refractivity contribution in [2.75, 3.05) is 20.8 Å². The fourth-order valence-electron chi connectivity index (χ4n) is 5.47. The lowest BCUT2D eigenvalue weighted by Gasteiger charge is -2.37. The van der Waals surface area contributed by atoms with E-state index in [1.54, 1.807) is 6.20 Å². The Morgan fingerprint density at radius 1 is 1.10 bits per heavy atom. The van der Waals surface area contributed by atoms with E-state index in [9.17, 15) is 18.0 Å². The number of likely N-dealkylation sites (tertiary alicyclic amines) is 1. The first-order valence-corrected chi connectivity index (χ1v) is 13.3. The highest BCUT2D eigenvalue weighted by Crippen LogP contribution is 2.36. The Bertz CT molecular complexity index is 1780. The number of para-hydroxylation sites is 1. The lowest BCUT2D eigenvalue weighted by atomic mass is 9.97. The molecular formula is C29H28F3N7O3. The molecule has 5 aromatic rings. The van der Waals surface area contributed by atoms with E-state index in [0.29, 0.717) is 41.6 Å². The van der Waals surface area contributed by atoms with Crippen LogP contribution < -0.4 is 15.2 Å². The zero-order valence-corrected chi connectivity index (χ0v) is 22.9. The fraction of sp³-hybridized carbons (Fsp3) is 0.310. The van der Waals surface area contributed by atoms with Crippen molar-refractivity contribution >= 4 is 27.8 Å². The molecule has 10 nitrogen and oxygen atoms in total. The van der Waals surface area contributed by atoms with E-state index < -0.39 is 30.5 Å². The molecule has 1 amide bonds. The molecule has 0 spiro atoms. The summed E-state index contributed by atoms with van der Waals surface area (Å²) in [5.74, 6) is -0.437. The molecule has 2 atom stereocenters. The van der Waals surface area contributed by atoms with Gasteiger partial charge in [-0.2, -0.15) is 13.2 Å². The van der Waals surface area contributed by atoms with Crippen LogP contribution >= 0.6 is 0 Å². The van der Waals surface area contributed by atoms with Crippen LogP contribution in [0.15, 0.2) is 54.7 Å². The van der Waals surface area contributed by atoms with Gasteiger partial charge >= 0.3 is 6.18 Å². The van der Waals surface area contributed by atoms with Crippen molar-refractivity contribution in [1.82, 2.24) is 29.4 Å². The van der Waals surface area contributed by atoms with Crippen molar-refractivity contribution in [2.45, 2.75) is 37.6 Å². The van der Waals surface area contributed by atoms with Gasteiger partial charge in [0.15, 0.2) is 0 Å². The number of hydrogen-bond acceptors (Lipinski definition) is 7. The van der Waals surface area contributed by atoms with Gasteiger partial charge in [-0.1, -0.05) is 18.2 Å². The highest BCUT2D eigenvalue weighted by atomic mass is 19.4.